The fourth-order valence-corrected chi connectivity index (χ4v) is 4.91. The maximum absolute atomic E-state index is 13.1. The van der Waals surface area contributed by atoms with Crippen LogP contribution in [0.25, 0.3) is 5.69 Å². The van der Waals surface area contributed by atoms with E-state index in [0.717, 1.165) is 12.1 Å². The summed E-state index contributed by atoms with van der Waals surface area (Å²) in [6, 6.07) is 11.6. The summed E-state index contributed by atoms with van der Waals surface area (Å²) in [5, 5.41) is 6.82. The first-order chi connectivity index (χ1) is 16.1. The number of nitrogens with zero attached hydrogens (tertiary/aromatic N) is 3. The Kier molecular flexibility index (Phi) is 6.47. The first-order valence-corrected chi connectivity index (χ1v) is 11.7. The number of hydrogen-bond donors (Lipinski definition) is 1. The minimum absolute atomic E-state index is 0.0517. The number of aromatic nitrogens is 2. The van der Waals surface area contributed by atoms with Crippen LogP contribution in [0, 0.1) is 6.92 Å². The van der Waals surface area contributed by atoms with E-state index in [9.17, 15) is 26.4 Å². The van der Waals surface area contributed by atoms with Gasteiger partial charge in [-0.3, -0.25) is 4.79 Å². The van der Waals surface area contributed by atoms with E-state index in [1.165, 1.54) is 51.5 Å². The predicted octanol–water partition coefficient (Wildman–Crippen LogP) is 3.47. The van der Waals surface area contributed by atoms with Gasteiger partial charge in [-0.1, -0.05) is 6.07 Å². The van der Waals surface area contributed by atoms with Crippen molar-refractivity contribution in [3.05, 3.63) is 71.4 Å². The second-order valence-electron chi connectivity index (χ2n) is 7.63. The van der Waals surface area contributed by atoms with Gasteiger partial charge in [-0.15, -0.1) is 0 Å². The van der Waals surface area contributed by atoms with Gasteiger partial charge in [0.2, 0.25) is 10.0 Å². The SMILES string of the molecule is Cc1cc(NC(=O)c2ccc(S(=O)(=O)N3CCOCC3)cc2)n(-c2cccc(C(F)(F)F)c2)n1. The molecule has 2 heterocycles. The molecule has 4 rings (SSSR count). The number of morpholine rings is 1. The van der Waals surface area contributed by atoms with Crippen LogP contribution in [0.1, 0.15) is 21.6 Å². The van der Waals surface area contributed by atoms with Crippen LogP contribution in [0.5, 0.6) is 0 Å². The molecule has 8 nitrogen and oxygen atoms in total. The highest BCUT2D eigenvalue weighted by molar-refractivity contribution is 7.89. The van der Waals surface area contributed by atoms with Gasteiger partial charge in [-0.05, 0) is 49.4 Å². The van der Waals surface area contributed by atoms with Crippen LogP contribution in [0.3, 0.4) is 0 Å². The summed E-state index contributed by atoms with van der Waals surface area (Å²) in [6.45, 7) is 2.79. The maximum atomic E-state index is 13.1. The minimum Gasteiger partial charge on any atom is -0.379 e. The number of hydrogen-bond acceptors (Lipinski definition) is 5. The zero-order chi connectivity index (χ0) is 24.5. The summed E-state index contributed by atoms with van der Waals surface area (Å²) in [5.41, 5.74) is -0.0484. The molecular weight excluding hydrogens is 473 g/mol. The van der Waals surface area contributed by atoms with Crippen LogP contribution in [-0.4, -0.2) is 54.7 Å². The smallest absolute Gasteiger partial charge is 0.379 e. The lowest BCUT2D eigenvalue weighted by Gasteiger charge is -2.26. The molecule has 1 aliphatic rings. The monoisotopic (exact) mass is 494 g/mol. The average Bonchev–Trinajstić information content (AvgIpc) is 3.19. The second-order valence-corrected chi connectivity index (χ2v) is 9.56. The minimum atomic E-state index is -4.52. The number of alkyl halides is 3. The molecule has 2 aromatic carbocycles. The standard InChI is InChI=1S/C22H21F3N4O4S/c1-15-13-20(29(27-15)18-4-2-3-17(14-18)22(23,24)25)26-21(30)16-5-7-19(8-6-16)34(31,32)28-9-11-33-12-10-28/h2-8,13-14H,9-12H2,1H3,(H,26,30). The molecule has 1 aliphatic heterocycles. The van der Waals surface area contributed by atoms with E-state index in [4.69, 9.17) is 4.74 Å². The molecule has 3 aromatic rings. The molecule has 1 aromatic heterocycles. The molecule has 0 unspecified atom stereocenters. The summed E-state index contributed by atoms with van der Waals surface area (Å²) in [4.78, 5) is 12.8. The fraction of sp³-hybridized carbons (Fsp3) is 0.273. The van der Waals surface area contributed by atoms with Crippen molar-refractivity contribution < 1.29 is 31.1 Å². The molecule has 12 heteroatoms. The first kappa shape index (κ1) is 23.9. The van der Waals surface area contributed by atoms with Crippen LogP contribution < -0.4 is 5.32 Å². The molecular formula is C22H21F3N4O4S. The third kappa shape index (κ3) is 4.98. The first-order valence-electron chi connectivity index (χ1n) is 10.3. The van der Waals surface area contributed by atoms with Crippen molar-refractivity contribution >= 4 is 21.7 Å². The van der Waals surface area contributed by atoms with Crippen LogP contribution in [0.15, 0.2) is 59.5 Å². The molecule has 0 spiro atoms. The van der Waals surface area contributed by atoms with E-state index in [-0.39, 0.29) is 35.1 Å². The number of carbonyl (C=O) groups is 1. The highest BCUT2D eigenvalue weighted by Gasteiger charge is 2.31. The van der Waals surface area contributed by atoms with E-state index in [2.05, 4.69) is 10.4 Å². The van der Waals surface area contributed by atoms with Gasteiger partial charge >= 0.3 is 6.18 Å². The maximum Gasteiger partial charge on any atom is 0.416 e. The van der Waals surface area contributed by atoms with Gasteiger partial charge < -0.3 is 10.1 Å². The summed E-state index contributed by atoms with van der Waals surface area (Å²) in [6.07, 6.45) is -4.52. The molecule has 0 saturated carbocycles. The summed E-state index contributed by atoms with van der Waals surface area (Å²) in [5.74, 6) is -0.393. The van der Waals surface area contributed by atoms with Crippen molar-refractivity contribution in [3.63, 3.8) is 0 Å². The van der Waals surface area contributed by atoms with Crippen LogP contribution in [0.2, 0.25) is 0 Å². The molecule has 34 heavy (non-hydrogen) atoms. The van der Waals surface area contributed by atoms with E-state index < -0.39 is 27.7 Å². The van der Waals surface area contributed by atoms with Gasteiger partial charge in [-0.2, -0.15) is 22.6 Å². The van der Waals surface area contributed by atoms with Crippen LogP contribution in [-0.2, 0) is 20.9 Å². The van der Waals surface area contributed by atoms with E-state index in [0.29, 0.717) is 18.9 Å². The van der Waals surface area contributed by atoms with Gasteiger partial charge in [0.15, 0.2) is 0 Å². The molecule has 1 N–H and O–H groups in total. The number of carbonyl (C=O) groups excluding carboxylic acids is 1. The predicted molar refractivity (Wildman–Crippen MR) is 117 cm³/mol. The van der Waals surface area contributed by atoms with Gasteiger partial charge in [0.05, 0.1) is 35.1 Å². The third-order valence-electron chi connectivity index (χ3n) is 5.22. The molecule has 1 amide bonds. The Morgan fingerprint density at radius 3 is 2.38 bits per heavy atom. The van der Waals surface area contributed by atoms with Gasteiger partial charge in [0, 0.05) is 24.7 Å². The number of nitrogens with one attached hydrogen (secondary N) is 1. The molecule has 1 saturated heterocycles. The molecule has 180 valence electrons. The summed E-state index contributed by atoms with van der Waals surface area (Å²) >= 11 is 0. The van der Waals surface area contributed by atoms with Crippen molar-refractivity contribution in [2.75, 3.05) is 31.6 Å². The summed E-state index contributed by atoms with van der Waals surface area (Å²) in [7, 11) is -3.70. The molecule has 0 bridgehead atoms. The van der Waals surface area contributed by atoms with E-state index >= 15 is 0 Å². The summed E-state index contributed by atoms with van der Waals surface area (Å²) < 4.78 is 72.5. The Labute approximate surface area is 194 Å². The molecule has 0 aliphatic carbocycles. The number of halogens is 3. The van der Waals surface area contributed by atoms with E-state index in [1.807, 2.05) is 0 Å². The second kappa shape index (κ2) is 9.20. The Bertz CT molecular complexity index is 1300. The van der Waals surface area contributed by atoms with Crippen molar-refractivity contribution in [2.24, 2.45) is 0 Å². The lowest BCUT2D eigenvalue weighted by molar-refractivity contribution is -0.137. The highest BCUT2D eigenvalue weighted by Crippen LogP contribution is 2.31. The molecule has 0 radical (unpaired) electrons. The normalized spacial score (nSPS) is 15.3. The van der Waals surface area contributed by atoms with Gasteiger partial charge in [0.1, 0.15) is 5.82 Å². The third-order valence-corrected chi connectivity index (χ3v) is 7.13. The molecule has 0 atom stereocenters. The Morgan fingerprint density at radius 2 is 1.74 bits per heavy atom. The lowest BCUT2D eigenvalue weighted by Crippen LogP contribution is -2.40. The Hall–Kier alpha value is -3.22. The number of ether oxygens (including phenoxy) is 1. The Balaban J connectivity index is 1.55. The van der Waals surface area contributed by atoms with Crippen molar-refractivity contribution in [3.8, 4) is 5.69 Å². The lowest BCUT2D eigenvalue weighted by atomic mass is 10.2. The number of aryl methyl sites for hydroxylation is 1. The molecule has 1 fully saturated rings. The zero-order valence-electron chi connectivity index (χ0n) is 18.0. The number of amides is 1. The number of sulfonamides is 1. The topological polar surface area (TPSA) is 93.5 Å². The zero-order valence-corrected chi connectivity index (χ0v) is 18.9. The Morgan fingerprint density at radius 1 is 1.06 bits per heavy atom. The van der Waals surface area contributed by atoms with Crippen LogP contribution in [0.4, 0.5) is 19.0 Å². The number of rotatable bonds is 5. The van der Waals surface area contributed by atoms with Gasteiger partial charge in [-0.25, -0.2) is 13.1 Å². The van der Waals surface area contributed by atoms with Crippen molar-refractivity contribution in [1.29, 1.82) is 0 Å². The van der Waals surface area contributed by atoms with Crippen molar-refractivity contribution in [2.45, 2.75) is 18.0 Å². The average molecular weight is 494 g/mol. The highest BCUT2D eigenvalue weighted by atomic mass is 32.2. The quantitative estimate of drug-likeness (QED) is 0.586. The number of anilines is 1. The largest absolute Gasteiger partial charge is 0.416 e. The number of benzene rings is 2. The van der Waals surface area contributed by atoms with E-state index in [1.54, 1.807) is 6.92 Å². The van der Waals surface area contributed by atoms with Crippen molar-refractivity contribution in [1.82, 2.24) is 14.1 Å². The van der Waals surface area contributed by atoms with Gasteiger partial charge in [0.25, 0.3) is 5.91 Å². The van der Waals surface area contributed by atoms with Crippen LogP contribution >= 0.6 is 0 Å². The fourth-order valence-electron chi connectivity index (χ4n) is 3.50.